The van der Waals surface area contributed by atoms with E-state index in [2.05, 4.69) is 11.6 Å². The third kappa shape index (κ3) is 5.02. The molecule has 35 heavy (non-hydrogen) atoms. The molecule has 3 heterocycles. The smallest absolute Gasteiger partial charge is 0.338 e. The number of amides is 2. The van der Waals surface area contributed by atoms with Gasteiger partial charge in [0.25, 0.3) is 0 Å². The molecule has 10 heteroatoms. The summed E-state index contributed by atoms with van der Waals surface area (Å²) in [6.45, 7) is 8.69. The van der Waals surface area contributed by atoms with E-state index in [1.165, 1.54) is 30.8 Å². The Bertz CT molecular complexity index is 1150. The summed E-state index contributed by atoms with van der Waals surface area (Å²) in [6.07, 6.45) is 1.52. The van der Waals surface area contributed by atoms with E-state index in [4.69, 9.17) is 4.74 Å². The molecule has 0 bridgehead atoms. The molecule has 1 aromatic carbocycles. The number of carbonyl (C=O) groups is 3. The first-order chi connectivity index (χ1) is 16.8. The number of rotatable bonds is 6. The van der Waals surface area contributed by atoms with Crippen LogP contribution in [0.15, 0.2) is 64.3 Å². The Hall–Kier alpha value is -3.40. The van der Waals surface area contributed by atoms with Crippen molar-refractivity contribution in [1.29, 1.82) is 0 Å². The number of carbonyl (C=O) groups excluding carboxylic acids is 3. The van der Waals surface area contributed by atoms with Crippen molar-refractivity contribution in [1.82, 2.24) is 14.7 Å². The lowest BCUT2D eigenvalue weighted by atomic mass is 9.93. The maximum absolute atomic E-state index is 15.0. The number of hydrogen-bond acceptors (Lipinski definition) is 7. The first kappa shape index (κ1) is 24.7. The fraction of sp³-hybridized carbons (Fsp3) is 0.360. The average molecular weight is 499 g/mol. The summed E-state index contributed by atoms with van der Waals surface area (Å²) in [4.78, 5) is 47.6. The molecular formula is C25H27FN4O4S. The average Bonchev–Trinajstić information content (AvgIpc) is 3.24. The molecule has 3 aliphatic rings. The molecule has 184 valence electrons. The van der Waals surface area contributed by atoms with Gasteiger partial charge < -0.3 is 19.4 Å². The summed E-state index contributed by atoms with van der Waals surface area (Å²) in [7, 11) is 0. The fourth-order valence-electron chi connectivity index (χ4n) is 4.37. The zero-order valence-electron chi connectivity index (χ0n) is 19.7. The molecule has 3 aliphatic heterocycles. The SMILES string of the molecule is C=CCOC(=O)C1=C(C)N=C2SC=C(CC(=O)N3CCN(C(C)=O)CC3)N2[C@@H]1c1ccccc1F. The second kappa shape index (κ2) is 10.5. The van der Waals surface area contributed by atoms with Crippen LogP contribution in [-0.2, 0) is 19.1 Å². The Balaban J connectivity index is 1.62. The highest BCUT2D eigenvalue weighted by molar-refractivity contribution is 8.16. The highest BCUT2D eigenvalue weighted by Crippen LogP contribution is 2.45. The van der Waals surface area contributed by atoms with Gasteiger partial charge in [0, 0.05) is 44.4 Å². The monoisotopic (exact) mass is 498 g/mol. The minimum absolute atomic E-state index is 0.00748. The second-order valence-corrected chi connectivity index (χ2v) is 9.20. The van der Waals surface area contributed by atoms with Crippen LogP contribution in [-0.4, -0.2) is 70.4 Å². The van der Waals surface area contributed by atoms with Gasteiger partial charge in [-0.25, -0.2) is 14.2 Å². The van der Waals surface area contributed by atoms with Crippen molar-refractivity contribution in [3.05, 3.63) is 70.7 Å². The number of fused-ring (bicyclic) bond motifs is 1. The van der Waals surface area contributed by atoms with Crippen LogP contribution in [0.1, 0.15) is 31.9 Å². The van der Waals surface area contributed by atoms with Gasteiger partial charge in [0.05, 0.1) is 23.7 Å². The number of thioether (sulfide) groups is 1. The molecule has 0 aromatic heterocycles. The predicted octanol–water partition coefficient (Wildman–Crippen LogP) is 3.21. The normalized spacial score (nSPS) is 19.7. The molecule has 8 nitrogen and oxygen atoms in total. The Morgan fingerprint density at radius 2 is 1.89 bits per heavy atom. The Labute approximate surface area is 207 Å². The molecule has 0 aliphatic carbocycles. The summed E-state index contributed by atoms with van der Waals surface area (Å²) in [5, 5.41) is 2.39. The van der Waals surface area contributed by atoms with Crippen molar-refractivity contribution in [2.75, 3.05) is 32.8 Å². The number of nitrogens with zero attached hydrogens (tertiary/aromatic N) is 4. The van der Waals surface area contributed by atoms with Crippen LogP contribution in [0.25, 0.3) is 0 Å². The van der Waals surface area contributed by atoms with E-state index in [1.807, 2.05) is 5.41 Å². The van der Waals surface area contributed by atoms with E-state index in [9.17, 15) is 14.4 Å². The van der Waals surface area contributed by atoms with E-state index in [-0.39, 0.29) is 30.4 Å². The van der Waals surface area contributed by atoms with Crippen molar-refractivity contribution < 1.29 is 23.5 Å². The quantitative estimate of drug-likeness (QED) is 0.443. The van der Waals surface area contributed by atoms with Gasteiger partial charge in [-0.3, -0.25) is 9.59 Å². The summed E-state index contributed by atoms with van der Waals surface area (Å²) in [6, 6.07) is 5.43. The van der Waals surface area contributed by atoms with Gasteiger partial charge >= 0.3 is 5.97 Å². The molecule has 0 saturated carbocycles. The Morgan fingerprint density at radius 1 is 1.20 bits per heavy atom. The van der Waals surface area contributed by atoms with Crippen LogP contribution < -0.4 is 0 Å². The maximum Gasteiger partial charge on any atom is 0.338 e. The standard InChI is InChI=1S/C25H27FN4O4S/c1-4-13-34-24(33)22-16(2)27-25-30(23(22)19-7-5-6-8-20(19)26)18(15-35-25)14-21(32)29-11-9-28(10-12-29)17(3)31/h4-8,15,23H,1,9-14H2,2-3H3/t23-/m1/s1. The van der Waals surface area contributed by atoms with Gasteiger partial charge in [0.1, 0.15) is 12.4 Å². The number of piperazine rings is 1. The molecule has 1 saturated heterocycles. The van der Waals surface area contributed by atoms with Gasteiger partial charge in [-0.15, -0.1) is 0 Å². The number of aliphatic imine (C=N–C) groups is 1. The van der Waals surface area contributed by atoms with Gasteiger partial charge in [0.2, 0.25) is 11.8 Å². The third-order valence-corrected chi connectivity index (χ3v) is 7.05. The summed E-state index contributed by atoms with van der Waals surface area (Å²) < 4.78 is 20.4. The van der Waals surface area contributed by atoms with E-state index < -0.39 is 17.8 Å². The topological polar surface area (TPSA) is 82.5 Å². The number of esters is 1. The molecule has 0 unspecified atom stereocenters. The molecular weight excluding hydrogens is 471 g/mol. The van der Waals surface area contributed by atoms with E-state index in [0.29, 0.717) is 48.3 Å². The second-order valence-electron chi connectivity index (χ2n) is 8.37. The number of allylic oxidation sites excluding steroid dienone is 1. The van der Waals surface area contributed by atoms with Crippen LogP contribution in [0.4, 0.5) is 4.39 Å². The highest BCUT2D eigenvalue weighted by atomic mass is 32.2. The van der Waals surface area contributed by atoms with Gasteiger partial charge in [-0.05, 0) is 18.4 Å². The number of amidine groups is 1. The summed E-state index contributed by atoms with van der Waals surface area (Å²) >= 11 is 1.33. The Morgan fingerprint density at radius 3 is 2.54 bits per heavy atom. The molecule has 1 fully saturated rings. The minimum atomic E-state index is -0.829. The minimum Gasteiger partial charge on any atom is -0.458 e. The molecule has 0 spiro atoms. The fourth-order valence-corrected chi connectivity index (χ4v) is 5.34. The van der Waals surface area contributed by atoms with Gasteiger partial charge in [-0.1, -0.05) is 42.6 Å². The van der Waals surface area contributed by atoms with Crippen LogP contribution in [0.5, 0.6) is 0 Å². The number of hydrogen-bond donors (Lipinski definition) is 0. The lowest BCUT2D eigenvalue weighted by Crippen LogP contribution is -2.50. The van der Waals surface area contributed by atoms with Crippen molar-refractivity contribution in [3.8, 4) is 0 Å². The van der Waals surface area contributed by atoms with E-state index in [1.54, 1.807) is 39.8 Å². The van der Waals surface area contributed by atoms with E-state index >= 15 is 4.39 Å². The lowest BCUT2D eigenvalue weighted by molar-refractivity contribution is -0.138. The van der Waals surface area contributed by atoms with Crippen LogP contribution >= 0.6 is 11.8 Å². The third-order valence-electron chi connectivity index (χ3n) is 6.16. The zero-order chi connectivity index (χ0) is 25.1. The highest BCUT2D eigenvalue weighted by Gasteiger charge is 2.42. The lowest BCUT2D eigenvalue weighted by Gasteiger charge is -2.37. The first-order valence-corrected chi connectivity index (χ1v) is 12.2. The first-order valence-electron chi connectivity index (χ1n) is 11.3. The number of ether oxygens (including phenoxy) is 1. The van der Waals surface area contributed by atoms with Crippen molar-refractivity contribution >= 4 is 34.7 Å². The predicted molar refractivity (Wildman–Crippen MR) is 131 cm³/mol. The van der Waals surface area contributed by atoms with Crippen LogP contribution in [0.2, 0.25) is 0 Å². The van der Waals surface area contributed by atoms with Gasteiger partial charge in [-0.2, -0.15) is 0 Å². The van der Waals surface area contributed by atoms with Crippen molar-refractivity contribution in [2.45, 2.75) is 26.3 Å². The summed E-state index contributed by atoms with van der Waals surface area (Å²) in [5.41, 5.74) is 1.58. The van der Waals surface area contributed by atoms with Crippen molar-refractivity contribution in [3.63, 3.8) is 0 Å². The molecule has 1 atom stereocenters. The Kier molecular flexibility index (Phi) is 7.39. The number of halogens is 1. The molecule has 0 radical (unpaired) electrons. The van der Waals surface area contributed by atoms with E-state index in [0.717, 1.165) is 0 Å². The maximum atomic E-state index is 15.0. The molecule has 4 rings (SSSR count). The molecule has 0 N–H and O–H groups in total. The largest absolute Gasteiger partial charge is 0.458 e. The van der Waals surface area contributed by atoms with Gasteiger partial charge in [0.15, 0.2) is 5.17 Å². The molecule has 1 aromatic rings. The van der Waals surface area contributed by atoms with Crippen LogP contribution in [0, 0.1) is 5.82 Å². The number of benzene rings is 1. The molecule has 2 amide bonds. The zero-order valence-corrected chi connectivity index (χ0v) is 20.5. The van der Waals surface area contributed by atoms with Crippen molar-refractivity contribution in [2.24, 2.45) is 4.99 Å². The summed E-state index contributed by atoms with van der Waals surface area (Å²) in [5.74, 6) is -1.19. The van der Waals surface area contributed by atoms with Crippen LogP contribution in [0.3, 0.4) is 0 Å².